The molecule has 1 aliphatic heterocycles. The highest BCUT2D eigenvalue weighted by atomic mass is 16.5. The zero-order valence-corrected chi connectivity index (χ0v) is 15.8. The van der Waals surface area contributed by atoms with Gasteiger partial charge in [0.1, 0.15) is 6.17 Å². The SMILES string of the molecule is CCOc1cc([C@@H]2Nc3ccccc3C(=O)N2[C@@H](C)CC)ccc1OC. The second kappa shape index (κ2) is 7.68. The number of ether oxygens (including phenoxy) is 2. The first-order valence-electron chi connectivity index (χ1n) is 9.09. The van der Waals surface area contributed by atoms with Gasteiger partial charge in [0.2, 0.25) is 0 Å². The number of amides is 1. The van der Waals surface area contributed by atoms with Crippen LogP contribution in [0.25, 0.3) is 0 Å². The van der Waals surface area contributed by atoms with Gasteiger partial charge in [-0.05, 0) is 50.1 Å². The number of nitrogens with one attached hydrogen (secondary N) is 1. The fourth-order valence-corrected chi connectivity index (χ4v) is 3.30. The molecule has 0 spiro atoms. The van der Waals surface area contributed by atoms with Crippen LogP contribution in [-0.2, 0) is 0 Å². The Kier molecular flexibility index (Phi) is 5.35. The summed E-state index contributed by atoms with van der Waals surface area (Å²) in [5.41, 5.74) is 2.54. The molecule has 0 aliphatic carbocycles. The first-order valence-corrected chi connectivity index (χ1v) is 9.09. The number of methoxy groups -OCH3 is 1. The molecule has 1 N–H and O–H groups in total. The predicted molar refractivity (Wildman–Crippen MR) is 103 cm³/mol. The second-order valence-electron chi connectivity index (χ2n) is 6.41. The van der Waals surface area contributed by atoms with Crippen LogP contribution in [0.4, 0.5) is 5.69 Å². The Morgan fingerprint density at radius 3 is 2.62 bits per heavy atom. The van der Waals surface area contributed by atoms with E-state index in [0.29, 0.717) is 23.7 Å². The van der Waals surface area contributed by atoms with Crippen molar-refractivity contribution in [3.63, 3.8) is 0 Å². The van der Waals surface area contributed by atoms with E-state index in [0.717, 1.165) is 17.7 Å². The number of para-hydroxylation sites is 1. The minimum Gasteiger partial charge on any atom is -0.493 e. The summed E-state index contributed by atoms with van der Waals surface area (Å²) in [7, 11) is 1.63. The molecular weight excluding hydrogens is 328 g/mol. The number of fused-ring (bicyclic) bond motifs is 1. The summed E-state index contributed by atoms with van der Waals surface area (Å²) in [4.78, 5) is 15.1. The maximum atomic E-state index is 13.2. The Hall–Kier alpha value is -2.69. The molecule has 1 aliphatic rings. The van der Waals surface area contributed by atoms with Gasteiger partial charge in [-0.25, -0.2) is 0 Å². The van der Waals surface area contributed by atoms with Gasteiger partial charge in [-0.3, -0.25) is 4.79 Å². The quantitative estimate of drug-likeness (QED) is 0.832. The predicted octanol–water partition coefficient (Wildman–Crippen LogP) is 4.46. The summed E-state index contributed by atoms with van der Waals surface area (Å²) in [6, 6.07) is 13.6. The molecule has 26 heavy (non-hydrogen) atoms. The average molecular weight is 354 g/mol. The molecule has 138 valence electrons. The number of hydrogen-bond donors (Lipinski definition) is 1. The molecule has 2 aromatic carbocycles. The van der Waals surface area contributed by atoms with Gasteiger partial charge in [-0.15, -0.1) is 0 Å². The molecule has 5 heteroatoms. The van der Waals surface area contributed by atoms with E-state index >= 15 is 0 Å². The van der Waals surface area contributed by atoms with Crippen molar-refractivity contribution in [2.75, 3.05) is 19.0 Å². The summed E-state index contributed by atoms with van der Waals surface area (Å²) >= 11 is 0. The summed E-state index contributed by atoms with van der Waals surface area (Å²) in [6.07, 6.45) is 0.623. The summed E-state index contributed by atoms with van der Waals surface area (Å²) < 4.78 is 11.1. The van der Waals surface area contributed by atoms with Crippen molar-refractivity contribution in [1.82, 2.24) is 4.90 Å². The van der Waals surface area contributed by atoms with Gasteiger partial charge in [-0.2, -0.15) is 0 Å². The number of carbonyl (C=O) groups is 1. The first kappa shape index (κ1) is 18.1. The molecular formula is C21H26N2O3. The smallest absolute Gasteiger partial charge is 0.258 e. The number of anilines is 1. The van der Waals surface area contributed by atoms with Crippen molar-refractivity contribution in [3.8, 4) is 11.5 Å². The number of benzene rings is 2. The molecule has 0 bridgehead atoms. The molecule has 0 radical (unpaired) electrons. The molecule has 3 rings (SSSR count). The lowest BCUT2D eigenvalue weighted by molar-refractivity contribution is 0.0593. The third kappa shape index (κ3) is 3.21. The van der Waals surface area contributed by atoms with Crippen LogP contribution < -0.4 is 14.8 Å². The summed E-state index contributed by atoms with van der Waals surface area (Å²) in [5, 5.41) is 3.52. The molecule has 5 nitrogen and oxygen atoms in total. The molecule has 0 aromatic heterocycles. The van der Waals surface area contributed by atoms with Gasteiger partial charge in [0.15, 0.2) is 11.5 Å². The van der Waals surface area contributed by atoms with E-state index in [4.69, 9.17) is 9.47 Å². The number of rotatable bonds is 6. The van der Waals surface area contributed by atoms with Crippen molar-refractivity contribution in [2.45, 2.75) is 39.4 Å². The molecule has 0 fully saturated rings. The maximum Gasteiger partial charge on any atom is 0.258 e. The lowest BCUT2D eigenvalue weighted by Crippen LogP contribution is -2.47. The van der Waals surface area contributed by atoms with Crippen LogP contribution in [0.1, 0.15) is 49.3 Å². The Morgan fingerprint density at radius 2 is 1.92 bits per heavy atom. The first-order chi connectivity index (χ1) is 12.6. The number of carbonyl (C=O) groups excluding carboxylic acids is 1. The van der Waals surface area contributed by atoms with E-state index in [1.165, 1.54) is 0 Å². The molecule has 0 saturated carbocycles. The monoisotopic (exact) mass is 354 g/mol. The van der Waals surface area contributed by atoms with Gasteiger partial charge in [-0.1, -0.05) is 25.1 Å². The second-order valence-corrected chi connectivity index (χ2v) is 6.41. The Morgan fingerprint density at radius 1 is 1.15 bits per heavy atom. The van der Waals surface area contributed by atoms with Crippen LogP contribution >= 0.6 is 0 Å². The number of hydrogen-bond acceptors (Lipinski definition) is 4. The fourth-order valence-electron chi connectivity index (χ4n) is 3.30. The standard InChI is InChI=1S/C21H26N2O3/c1-5-14(3)23-20(22-17-10-8-7-9-16(17)21(23)24)15-11-12-18(25-4)19(13-15)26-6-2/h7-14,20,22H,5-6H2,1-4H3/t14-,20+/m0/s1. The Labute approximate surface area is 154 Å². The molecule has 2 atom stereocenters. The van der Waals surface area contributed by atoms with Crippen molar-refractivity contribution in [2.24, 2.45) is 0 Å². The van der Waals surface area contributed by atoms with Crippen molar-refractivity contribution < 1.29 is 14.3 Å². The molecule has 2 aromatic rings. The van der Waals surface area contributed by atoms with Gasteiger partial charge >= 0.3 is 0 Å². The minimum absolute atomic E-state index is 0.0486. The average Bonchev–Trinajstić information content (AvgIpc) is 2.67. The normalized spacial score (nSPS) is 17.3. The zero-order valence-electron chi connectivity index (χ0n) is 15.8. The van der Waals surface area contributed by atoms with Gasteiger partial charge in [0.25, 0.3) is 5.91 Å². The molecule has 1 amide bonds. The van der Waals surface area contributed by atoms with Gasteiger partial charge in [0.05, 0.1) is 19.3 Å². The Balaban J connectivity index is 2.06. The van der Waals surface area contributed by atoms with Gasteiger partial charge in [0, 0.05) is 11.7 Å². The van der Waals surface area contributed by atoms with Crippen LogP contribution in [0.2, 0.25) is 0 Å². The fraction of sp³-hybridized carbons (Fsp3) is 0.381. The topological polar surface area (TPSA) is 50.8 Å². The van der Waals surface area contributed by atoms with Gasteiger partial charge < -0.3 is 19.7 Å². The molecule has 0 saturated heterocycles. The summed E-state index contributed by atoms with van der Waals surface area (Å²) in [5.74, 6) is 1.42. The van der Waals surface area contributed by atoms with E-state index in [9.17, 15) is 4.79 Å². The van der Waals surface area contributed by atoms with Crippen molar-refractivity contribution in [3.05, 3.63) is 53.6 Å². The highest BCUT2D eigenvalue weighted by molar-refractivity contribution is 6.01. The zero-order chi connectivity index (χ0) is 18.7. The lowest BCUT2D eigenvalue weighted by Gasteiger charge is -2.41. The Bertz CT molecular complexity index is 791. The van der Waals surface area contributed by atoms with Crippen LogP contribution in [0.5, 0.6) is 11.5 Å². The van der Waals surface area contributed by atoms with E-state index in [2.05, 4.69) is 19.2 Å². The van der Waals surface area contributed by atoms with Crippen LogP contribution in [0, 0.1) is 0 Å². The van der Waals surface area contributed by atoms with E-state index in [-0.39, 0.29) is 18.1 Å². The third-order valence-corrected chi connectivity index (χ3v) is 4.83. The molecule has 0 unspecified atom stereocenters. The van der Waals surface area contributed by atoms with E-state index in [1.807, 2.05) is 54.3 Å². The highest BCUT2D eigenvalue weighted by Gasteiger charge is 2.35. The lowest BCUT2D eigenvalue weighted by atomic mass is 10.0. The van der Waals surface area contributed by atoms with E-state index < -0.39 is 0 Å². The minimum atomic E-state index is -0.252. The van der Waals surface area contributed by atoms with E-state index in [1.54, 1.807) is 7.11 Å². The maximum absolute atomic E-state index is 13.2. The van der Waals surface area contributed by atoms with Crippen LogP contribution in [-0.4, -0.2) is 30.6 Å². The summed E-state index contributed by atoms with van der Waals surface area (Å²) in [6.45, 7) is 6.66. The van der Waals surface area contributed by atoms with Crippen LogP contribution in [0.3, 0.4) is 0 Å². The van der Waals surface area contributed by atoms with Crippen LogP contribution in [0.15, 0.2) is 42.5 Å². The van der Waals surface area contributed by atoms with Crippen molar-refractivity contribution >= 4 is 11.6 Å². The third-order valence-electron chi connectivity index (χ3n) is 4.83. The molecule has 1 heterocycles. The highest BCUT2D eigenvalue weighted by Crippen LogP contribution is 2.38. The largest absolute Gasteiger partial charge is 0.493 e. The number of nitrogens with zero attached hydrogens (tertiary/aromatic N) is 1. The van der Waals surface area contributed by atoms with Crippen molar-refractivity contribution in [1.29, 1.82) is 0 Å².